The van der Waals surface area contributed by atoms with Gasteiger partial charge in [-0.05, 0) is 86.3 Å². The fourth-order valence-electron chi connectivity index (χ4n) is 5.34. The van der Waals surface area contributed by atoms with E-state index < -0.39 is 5.82 Å². The number of halogens is 1. The molecule has 0 spiro atoms. The number of rotatable bonds is 6. The first-order valence-corrected chi connectivity index (χ1v) is 16.3. The average Bonchev–Trinajstić information content (AvgIpc) is 3.79. The van der Waals surface area contributed by atoms with Crippen LogP contribution in [0.4, 0.5) is 4.39 Å². The smallest absolute Gasteiger partial charge is 0.177 e. The van der Waals surface area contributed by atoms with E-state index in [9.17, 15) is 0 Å². The van der Waals surface area contributed by atoms with Crippen LogP contribution in [-0.2, 0) is 0 Å². The molecule has 0 radical (unpaired) electrons. The summed E-state index contributed by atoms with van der Waals surface area (Å²) >= 11 is 4.27. The van der Waals surface area contributed by atoms with Crippen molar-refractivity contribution in [3.05, 3.63) is 119 Å². The molecule has 0 aliphatic rings. The molecule has 4 aromatic carbocycles. The third kappa shape index (κ3) is 5.07. The highest BCUT2D eigenvalue weighted by atomic mass is 32.1. The Labute approximate surface area is 262 Å². The van der Waals surface area contributed by atoms with Crippen LogP contribution in [0.2, 0.25) is 0 Å². The quantitative estimate of drug-likeness (QED) is 0.186. The van der Waals surface area contributed by atoms with Crippen LogP contribution in [-0.4, -0.2) is 8.75 Å². The summed E-state index contributed by atoms with van der Waals surface area (Å²) in [7, 11) is 0. The Morgan fingerprint density at radius 1 is 0.581 bits per heavy atom. The lowest BCUT2D eigenvalue weighted by Crippen LogP contribution is -1.96. The molecule has 7 aromatic rings. The Bertz CT molecular complexity index is 2120. The van der Waals surface area contributed by atoms with Gasteiger partial charge in [0, 0.05) is 19.5 Å². The maximum absolute atomic E-state index is 17.0. The molecule has 0 atom stereocenters. The lowest BCUT2D eigenvalue weighted by Gasteiger charge is -2.15. The Hall–Kier alpha value is -4.17. The number of aromatic nitrogens is 2. The number of benzene rings is 4. The number of aryl methyl sites for hydroxylation is 4. The number of fused-ring (bicyclic) bond motifs is 1. The van der Waals surface area contributed by atoms with Gasteiger partial charge in [-0.15, -0.1) is 22.7 Å². The molecular formula is C36H27FN2OS3. The van der Waals surface area contributed by atoms with Gasteiger partial charge in [-0.1, -0.05) is 65.7 Å². The number of para-hydroxylation sites is 1. The zero-order valence-electron chi connectivity index (χ0n) is 24.1. The lowest BCUT2D eigenvalue weighted by molar-refractivity contribution is 0.446. The topological polar surface area (TPSA) is 35.0 Å². The largest absolute Gasteiger partial charge is 0.453 e. The molecule has 0 aliphatic heterocycles. The van der Waals surface area contributed by atoms with Crippen molar-refractivity contribution in [1.82, 2.24) is 8.75 Å². The van der Waals surface area contributed by atoms with Crippen molar-refractivity contribution in [2.75, 3.05) is 0 Å². The molecule has 0 saturated heterocycles. The minimum atomic E-state index is -0.435. The molecule has 0 unspecified atom stereocenters. The Morgan fingerprint density at radius 3 is 1.67 bits per heavy atom. The second-order valence-electron chi connectivity index (χ2n) is 10.7. The van der Waals surface area contributed by atoms with Crippen molar-refractivity contribution in [3.8, 4) is 53.3 Å². The summed E-state index contributed by atoms with van der Waals surface area (Å²) in [6, 6.07) is 30.4. The summed E-state index contributed by atoms with van der Waals surface area (Å²) < 4.78 is 32.8. The first-order valence-electron chi connectivity index (χ1n) is 13.9. The molecule has 0 bridgehead atoms. The van der Waals surface area contributed by atoms with Crippen LogP contribution in [0.3, 0.4) is 0 Å². The van der Waals surface area contributed by atoms with Gasteiger partial charge in [-0.2, -0.15) is 8.75 Å². The minimum absolute atomic E-state index is 0.164. The number of hydrogen-bond donors (Lipinski definition) is 0. The third-order valence-corrected chi connectivity index (χ3v) is 10.4. The van der Waals surface area contributed by atoms with Gasteiger partial charge in [0.15, 0.2) is 11.6 Å². The third-order valence-electron chi connectivity index (χ3n) is 7.59. The summed E-state index contributed by atoms with van der Waals surface area (Å²) in [6.45, 7) is 8.40. The molecule has 43 heavy (non-hydrogen) atoms. The molecule has 0 N–H and O–H groups in total. The van der Waals surface area contributed by atoms with Gasteiger partial charge >= 0.3 is 0 Å². The highest BCUT2D eigenvalue weighted by Crippen LogP contribution is 2.50. The van der Waals surface area contributed by atoms with E-state index in [-0.39, 0.29) is 5.75 Å². The van der Waals surface area contributed by atoms with E-state index in [4.69, 9.17) is 9.11 Å². The average molecular weight is 619 g/mol. The van der Waals surface area contributed by atoms with Gasteiger partial charge in [0.25, 0.3) is 0 Å². The van der Waals surface area contributed by atoms with Gasteiger partial charge < -0.3 is 4.74 Å². The molecule has 0 aliphatic carbocycles. The van der Waals surface area contributed by atoms with Crippen LogP contribution in [0.25, 0.3) is 52.8 Å². The van der Waals surface area contributed by atoms with E-state index in [2.05, 4.69) is 80.6 Å². The predicted octanol–water partition coefficient (Wildman–Crippen LogP) is 11.6. The summed E-state index contributed by atoms with van der Waals surface area (Å²) in [5.41, 5.74) is 9.32. The second-order valence-corrected chi connectivity index (χ2v) is 13.4. The van der Waals surface area contributed by atoms with Crippen LogP contribution in [0.5, 0.6) is 11.5 Å². The van der Waals surface area contributed by atoms with Crippen molar-refractivity contribution >= 4 is 45.4 Å². The van der Waals surface area contributed by atoms with Crippen LogP contribution >= 0.6 is 34.4 Å². The molecule has 3 heterocycles. The zero-order valence-corrected chi connectivity index (χ0v) is 26.5. The number of nitrogens with zero attached hydrogens (tertiary/aromatic N) is 2. The molecule has 0 fully saturated rings. The Morgan fingerprint density at radius 2 is 1.09 bits per heavy atom. The summed E-state index contributed by atoms with van der Waals surface area (Å²) in [6.07, 6.45) is 0. The second kappa shape index (κ2) is 11.2. The van der Waals surface area contributed by atoms with E-state index >= 15 is 4.39 Å². The van der Waals surface area contributed by atoms with E-state index in [1.54, 1.807) is 22.7 Å². The summed E-state index contributed by atoms with van der Waals surface area (Å²) in [4.78, 5) is 3.86. The number of ether oxygens (including phenoxy) is 1. The maximum atomic E-state index is 17.0. The van der Waals surface area contributed by atoms with Gasteiger partial charge in [0.1, 0.15) is 16.8 Å². The van der Waals surface area contributed by atoms with Gasteiger partial charge in [-0.3, -0.25) is 0 Å². The number of thiophene rings is 2. The van der Waals surface area contributed by atoms with Crippen molar-refractivity contribution in [1.29, 1.82) is 0 Å². The van der Waals surface area contributed by atoms with Gasteiger partial charge in [-0.25, -0.2) is 4.39 Å². The first-order chi connectivity index (χ1) is 20.9. The maximum Gasteiger partial charge on any atom is 0.177 e. The monoisotopic (exact) mass is 618 g/mol. The molecule has 3 nitrogen and oxygen atoms in total. The molecule has 7 rings (SSSR count). The normalized spacial score (nSPS) is 11.4. The van der Waals surface area contributed by atoms with Crippen molar-refractivity contribution in [3.63, 3.8) is 0 Å². The Balaban J connectivity index is 1.44. The van der Waals surface area contributed by atoms with E-state index in [0.717, 1.165) is 36.8 Å². The van der Waals surface area contributed by atoms with Crippen LogP contribution in [0, 0.1) is 33.5 Å². The van der Waals surface area contributed by atoms with Crippen LogP contribution in [0.15, 0.2) is 91.0 Å². The van der Waals surface area contributed by atoms with E-state index in [1.165, 1.54) is 27.8 Å². The van der Waals surface area contributed by atoms with Gasteiger partial charge in [0.05, 0.1) is 22.9 Å². The molecule has 212 valence electrons. The lowest BCUT2D eigenvalue weighted by atomic mass is 10.0. The molecule has 0 saturated carbocycles. The SMILES string of the molecule is Cc1ccc(C)c(-c2ccc(-c3c(F)c(Oc4ccccc4)c(-c4ccc(-c5cc(C)ccc5C)s4)c4nsnc34)s2)c1. The fourth-order valence-corrected chi connectivity index (χ4v) is 8.16. The van der Waals surface area contributed by atoms with E-state index in [1.807, 2.05) is 42.5 Å². The molecular weight excluding hydrogens is 592 g/mol. The van der Waals surface area contributed by atoms with Crippen molar-refractivity contribution < 1.29 is 9.13 Å². The van der Waals surface area contributed by atoms with Crippen LogP contribution < -0.4 is 4.74 Å². The molecule has 0 amide bonds. The fraction of sp³-hybridized carbons (Fsp3) is 0.111. The highest BCUT2D eigenvalue weighted by molar-refractivity contribution is 7.19. The van der Waals surface area contributed by atoms with Crippen LogP contribution in [0.1, 0.15) is 22.3 Å². The standard InChI is InChI=1S/C36H27FN2OS3/c1-20-10-12-22(3)25(18-20)27-14-16-29(41-27)31-33(37)36(40-24-8-6-5-7-9-24)32(35-34(31)38-43-39-35)30-17-15-28(42-30)26-19-21(2)11-13-23(26)4/h5-19H,1-4H3. The highest BCUT2D eigenvalue weighted by Gasteiger charge is 2.28. The predicted molar refractivity (Wildman–Crippen MR) is 180 cm³/mol. The zero-order chi connectivity index (χ0) is 29.7. The summed E-state index contributed by atoms with van der Waals surface area (Å²) in [5.74, 6) is 0.289. The molecule has 3 aromatic heterocycles. The van der Waals surface area contributed by atoms with Gasteiger partial charge in [0.2, 0.25) is 0 Å². The van der Waals surface area contributed by atoms with Crippen molar-refractivity contribution in [2.45, 2.75) is 27.7 Å². The molecule has 7 heteroatoms. The first kappa shape index (κ1) is 27.7. The number of hydrogen-bond acceptors (Lipinski definition) is 6. The Kier molecular flexibility index (Phi) is 7.17. The minimum Gasteiger partial charge on any atom is -0.453 e. The van der Waals surface area contributed by atoms with Crippen molar-refractivity contribution in [2.24, 2.45) is 0 Å². The van der Waals surface area contributed by atoms with E-state index in [0.29, 0.717) is 27.9 Å². The summed E-state index contributed by atoms with van der Waals surface area (Å²) in [5, 5.41) is 0.